The minimum atomic E-state index is 0.0872. The summed E-state index contributed by atoms with van der Waals surface area (Å²) in [6.45, 7) is 5.03. The summed E-state index contributed by atoms with van der Waals surface area (Å²) in [5.41, 5.74) is 2.21. The number of likely N-dealkylation sites (N-methyl/N-ethyl adjacent to an activating group) is 1. The highest BCUT2D eigenvalue weighted by Gasteiger charge is 2.23. The maximum Gasteiger partial charge on any atom is 0.252 e. The Kier molecular flexibility index (Phi) is 4.40. The molecule has 1 aliphatic carbocycles. The number of carbonyl (C=O) groups excluding carboxylic acids is 1. The molecule has 100 valence electrons. The summed E-state index contributed by atoms with van der Waals surface area (Å²) in [7, 11) is 1.91. The van der Waals surface area contributed by atoms with E-state index in [1.54, 1.807) is 11.3 Å². The number of hydrogen-bond donors (Lipinski definition) is 2. The van der Waals surface area contributed by atoms with Crippen molar-refractivity contribution >= 4 is 17.2 Å². The highest BCUT2D eigenvalue weighted by atomic mass is 32.1. The van der Waals surface area contributed by atoms with E-state index in [9.17, 15) is 4.79 Å². The van der Waals surface area contributed by atoms with Gasteiger partial charge in [-0.25, -0.2) is 0 Å². The third kappa shape index (κ3) is 2.93. The summed E-state index contributed by atoms with van der Waals surface area (Å²) in [4.78, 5) is 13.6. The van der Waals surface area contributed by atoms with Crippen LogP contribution in [0.5, 0.6) is 0 Å². The van der Waals surface area contributed by atoms with E-state index in [-0.39, 0.29) is 5.91 Å². The van der Waals surface area contributed by atoms with Crippen LogP contribution in [0.4, 0.5) is 0 Å². The summed E-state index contributed by atoms with van der Waals surface area (Å²) in [6.07, 6.45) is 3.40. The second-order valence-electron chi connectivity index (χ2n) is 5.30. The molecule has 3 nitrogen and oxygen atoms in total. The zero-order chi connectivity index (χ0) is 13.1. The van der Waals surface area contributed by atoms with Crippen molar-refractivity contribution in [2.45, 2.75) is 39.2 Å². The van der Waals surface area contributed by atoms with Gasteiger partial charge in [-0.1, -0.05) is 6.92 Å². The zero-order valence-corrected chi connectivity index (χ0v) is 12.2. The Balaban J connectivity index is 2.03. The van der Waals surface area contributed by atoms with E-state index in [0.29, 0.717) is 12.6 Å². The lowest BCUT2D eigenvalue weighted by Gasteiger charge is -2.19. The molecule has 0 aromatic carbocycles. The Labute approximate surface area is 113 Å². The molecule has 0 saturated heterocycles. The van der Waals surface area contributed by atoms with Crippen LogP contribution in [0.2, 0.25) is 0 Å². The second-order valence-corrected chi connectivity index (χ2v) is 6.26. The molecule has 0 bridgehead atoms. The highest BCUT2D eigenvalue weighted by molar-refractivity contribution is 7.10. The summed E-state index contributed by atoms with van der Waals surface area (Å²) in [5, 5.41) is 8.15. The largest absolute Gasteiger partial charge is 0.350 e. The maximum atomic E-state index is 12.1. The van der Waals surface area contributed by atoms with Gasteiger partial charge in [0, 0.05) is 22.8 Å². The van der Waals surface area contributed by atoms with E-state index in [2.05, 4.69) is 24.5 Å². The first kappa shape index (κ1) is 13.6. The molecule has 0 saturated carbocycles. The van der Waals surface area contributed by atoms with Gasteiger partial charge in [0.25, 0.3) is 5.91 Å². The van der Waals surface area contributed by atoms with Crippen LogP contribution in [0.1, 0.15) is 41.1 Å². The third-order valence-corrected chi connectivity index (χ3v) is 4.76. The molecule has 1 aromatic rings. The average molecular weight is 266 g/mol. The van der Waals surface area contributed by atoms with E-state index in [1.165, 1.54) is 16.9 Å². The molecule has 18 heavy (non-hydrogen) atoms. The monoisotopic (exact) mass is 266 g/mol. The number of rotatable bonds is 4. The SMILES string of the molecule is CNC(C)CNC(=O)c1csc2c1CCC(C)C2. The lowest BCUT2D eigenvalue weighted by Crippen LogP contribution is -2.37. The molecule has 1 aliphatic rings. The van der Waals surface area contributed by atoms with Crippen molar-refractivity contribution in [2.24, 2.45) is 5.92 Å². The van der Waals surface area contributed by atoms with Crippen molar-refractivity contribution in [1.29, 1.82) is 0 Å². The Bertz CT molecular complexity index is 427. The van der Waals surface area contributed by atoms with Gasteiger partial charge in [0.1, 0.15) is 0 Å². The Morgan fingerprint density at radius 3 is 3.11 bits per heavy atom. The molecule has 2 atom stereocenters. The fourth-order valence-electron chi connectivity index (χ4n) is 2.31. The Hall–Kier alpha value is -0.870. The minimum Gasteiger partial charge on any atom is -0.350 e. The summed E-state index contributed by atoms with van der Waals surface area (Å²) < 4.78 is 0. The lowest BCUT2D eigenvalue weighted by molar-refractivity contribution is 0.0949. The van der Waals surface area contributed by atoms with E-state index in [4.69, 9.17) is 0 Å². The summed E-state index contributed by atoms with van der Waals surface area (Å²) in [5.74, 6) is 0.848. The molecular formula is C14H22N2OS. The van der Waals surface area contributed by atoms with Crippen LogP contribution < -0.4 is 10.6 Å². The average Bonchev–Trinajstić information content (AvgIpc) is 2.78. The van der Waals surface area contributed by atoms with Gasteiger partial charge in [0.05, 0.1) is 5.56 Å². The van der Waals surface area contributed by atoms with E-state index < -0.39 is 0 Å². The molecule has 4 heteroatoms. The number of fused-ring (bicyclic) bond motifs is 1. The Morgan fingerprint density at radius 1 is 1.61 bits per heavy atom. The van der Waals surface area contributed by atoms with Gasteiger partial charge in [-0.15, -0.1) is 11.3 Å². The van der Waals surface area contributed by atoms with E-state index >= 15 is 0 Å². The van der Waals surface area contributed by atoms with Gasteiger partial charge >= 0.3 is 0 Å². The fraction of sp³-hybridized carbons (Fsp3) is 0.643. The smallest absolute Gasteiger partial charge is 0.252 e. The molecule has 0 aliphatic heterocycles. The molecular weight excluding hydrogens is 244 g/mol. The molecule has 2 rings (SSSR count). The topological polar surface area (TPSA) is 41.1 Å². The van der Waals surface area contributed by atoms with Crippen molar-refractivity contribution in [3.05, 3.63) is 21.4 Å². The van der Waals surface area contributed by atoms with Gasteiger partial charge < -0.3 is 10.6 Å². The van der Waals surface area contributed by atoms with Crippen LogP contribution in [0.25, 0.3) is 0 Å². The standard InChI is InChI=1S/C14H22N2OS/c1-9-4-5-11-12(8-18-13(11)6-9)14(17)16-7-10(2)15-3/h8-10,15H,4-7H2,1-3H3,(H,16,17). The molecule has 1 amide bonds. The van der Waals surface area contributed by atoms with Crippen molar-refractivity contribution in [1.82, 2.24) is 10.6 Å². The van der Waals surface area contributed by atoms with Crippen molar-refractivity contribution in [2.75, 3.05) is 13.6 Å². The van der Waals surface area contributed by atoms with E-state index in [0.717, 1.165) is 24.3 Å². The van der Waals surface area contributed by atoms with Crippen LogP contribution >= 0.6 is 11.3 Å². The maximum absolute atomic E-state index is 12.1. The summed E-state index contributed by atoms with van der Waals surface area (Å²) >= 11 is 1.75. The summed E-state index contributed by atoms with van der Waals surface area (Å²) in [6, 6.07) is 0.309. The molecule has 1 heterocycles. The van der Waals surface area contributed by atoms with Gasteiger partial charge in [-0.3, -0.25) is 4.79 Å². The number of amides is 1. The molecule has 0 spiro atoms. The van der Waals surface area contributed by atoms with Crippen LogP contribution in [0.3, 0.4) is 0 Å². The van der Waals surface area contributed by atoms with Crippen LogP contribution in [0, 0.1) is 5.92 Å². The van der Waals surface area contributed by atoms with E-state index in [1.807, 2.05) is 12.4 Å². The highest BCUT2D eigenvalue weighted by Crippen LogP contribution is 2.32. The molecule has 2 unspecified atom stereocenters. The van der Waals surface area contributed by atoms with Crippen LogP contribution in [-0.4, -0.2) is 25.5 Å². The van der Waals surface area contributed by atoms with Gasteiger partial charge in [0.2, 0.25) is 0 Å². The number of hydrogen-bond acceptors (Lipinski definition) is 3. The predicted molar refractivity (Wildman–Crippen MR) is 76.4 cm³/mol. The first-order chi connectivity index (χ1) is 8.61. The number of nitrogens with one attached hydrogen (secondary N) is 2. The van der Waals surface area contributed by atoms with Crippen molar-refractivity contribution < 1.29 is 4.79 Å². The minimum absolute atomic E-state index is 0.0872. The first-order valence-corrected chi connectivity index (χ1v) is 7.54. The van der Waals surface area contributed by atoms with Crippen molar-refractivity contribution in [3.8, 4) is 0 Å². The molecule has 0 fully saturated rings. The number of thiophene rings is 1. The van der Waals surface area contributed by atoms with Crippen LogP contribution in [-0.2, 0) is 12.8 Å². The lowest BCUT2D eigenvalue weighted by atomic mass is 9.88. The quantitative estimate of drug-likeness (QED) is 0.877. The molecule has 1 aromatic heterocycles. The predicted octanol–water partition coefficient (Wildman–Crippen LogP) is 2.21. The Morgan fingerprint density at radius 2 is 2.39 bits per heavy atom. The fourth-order valence-corrected chi connectivity index (χ4v) is 3.56. The van der Waals surface area contributed by atoms with Crippen molar-refractivity contribution in [3.63, 3.8) is 0 Å². The normalized spacial score (nSPS) is 20.3. The number of carbonyl (C=O) groups is 1. The molecule has 2 N–H and O–H groups in total. The van der Waals surface area contributed by atoms with Gasteiger partial charge in [0.15, 0.2) is 0 Å². The second kappa shape index (κ2) is 5.85. The van der Waals surface area contributed by atoms with Gasteiger partial charge in [-0.05, 0) is 44.7 Å². The third-order valence-electron chi connectivity index (χ3n) is 3.71. The first-order valence-electron chi connectivity index (χ1n) is 6.66. The molecule has 0 radical (unpaired) electrons. The zero-order valence-electron chi connectivity index (χ0n) is 11.4. The van der Waals surface area contributed by atoms with Crippen LogP contribution in [0.15, 0.2) is 5.38 Å². The van der Waals surface area contributed by atoms with Gasteiger partial charge in [-0.2, -0.15) is 0 Å².